The van der Waals surface area contributed by atoms with Gasteiger partial charge in [-0.1, -0.05) is 126 Å². The highest BCUT2D eigenvalue weighted by Gasteiger charge is 2.39. The first-order valence-corrected chi connectivity index (χ1v) is 17.4. The summed E-state index contributed by atoms with van der Waals surface area (Å²) in [6, 6.07) is 44.8. The lowest BCUT2D eigenvalue weighted by Gasteiger charge is -2.37. The van der Waals surface area contributed by atoms with E-state index in [4.69, 9.17) is 14.5 Å². The van der Waals surface area contributed by atoms with Crippen LogP contribution in [0.3, 0.4) is 0 Å². The standard InChI is InChI=1S/C43H34FN7O3/c1-29-25-38(54-49-29)46-42(53)48-40-41(52)51(37-24-14-12-22-35(37)39(47-40)34-21-11-13-23-36(34)44)27-33-26-50(28-45-33)43(30-15-5-2-6-16-30,31-17-7-3-8-18-31)32-19-9-4-10-20-32/h2-26,28,40H,27H2,1H3,(H2,46,48,53). The zero-order chi connectivity index (χ0) is 37.1. The maximum absolute atomic E-state index is 15.4. The second-order valence-corrected chi connectivity index (χ2v) is 12.8. The molecule has 54 heavy (non-hydrogen) atoms. The van der Waals surface area contributed by atoms with Crippen molar-refractivity contribution in [3.8, 4) is 0 Å². The number of carbonyl (C=O) groups is 2. The number of nitrogens with one attached hydrogen (secondary N) is 2. The van der Waals surface area contributed by atoms with E-state index in [0.717, 1.165) is 16.7 Å². The average Bonchev–Trinajstić information content (AvgIpc) is 3.83. The maximum atomic E-state index is 15.4. The molecular weight excluding hydrogens is 682 g/mol. The Kier molecular flexibility index (Phi) is 9.10. The smallest absolute Gasteiger partial charge is 0.323 e. The molecule has 2 aromatic heterocycles. The Balaban J connectivity index is 1.23. The number of anilines is 2. The monoisotopic (exact) mass is 715 g/mol. The Bertz CT molecular complexity index is 2370. The Hall–Kier alpha value is -7.14. The van der Waals surface area contributed by atoms with Crippen molar-refractivity contribution in [3.63, 3.8) is 0 Å². The van der Waals surface area contributed by atoms with E-state index in [1.54, 1.807) is 61.8 Å². The van der Waals surface area contributed by atoms with E-state index in [-0.39, 0.29) is 23.7 Å². The summed E-state index contributed by atoms with van der Waals surface area (Å²) < 4.78 is 22.7. The first kappa shape index (κ1) is 34.0. The normalized spacial score (nSPS) is 14.2. The molecular formula is C43H34FN7O3. The van der Waals surface area contributed by atoms with Crippen molar-refractivity contribution in [1.82, 2.24) is 20.0 Å². The number of halogens is 1. The summed E-state index contributed by atoms with van der Waals surface area (Å²) >= 11 is 0. The highest BCUT2D eigenvalue weighted by molar-refractivity contribution is 6.20. The van der Waals surface area contributed by atoms with Gasteiger partial charge in [0.15, 0.2) is 0 Å². The Morgan fingerprint density at radius 3 is 1.96 bits per heavy atom. The van der Waals surface area contributed by atoms with Gasteiger partial charge in [0, 0.05) is 23.4 Å². The molecule has 0 saturated heterocycles. The number of aliphatic imine (C=N–C) groups is 1. The predicted octanol–water partition coefficient (Wildman–Crippen LogP) is 7.69. The molecule has 1 atom stereocenters. The molecule has 0 spiro atoms. The molecule has 8 rings (SSSR count). The first-order chi connectivity index (χ1) is 26.4. The zero-order valence-electron chi connectivity index (χ0n) is 29.1. The average molecular weight is 716 g/mol. The summed E-state index contributed by atoms with van der Waals surface area (Å²) in [5.41, 5.74) is 4.74. The zero-order valence-corrected chi connectivity index (χ0v) is 29.1. The summed E-state index contributed by atoms with van der Waals surface area (Å²) in [6.07, 6.45) is 2.27. The van der Waals surface area contributed by atoms with E-state index >= 15 is 4.39 Å². The van der Waals surface area contributed by atoms with Crippen LogP contribution < -0.4 is 15.5 Å². The van der Waals surface area contributed by atoms with E-state index in [1.165, 1.54) is 11.0 Å². The molecule has 1 aliphatic rings. The van der Waals surface area contributed by atoms with E-state index in [1.807, 2.05) is 60.8 Å². The number of benzodiazepines with no additional fused rings is 1. The highest BCUT2D eigenvalue weighted by Crippen LogP contribution is 2.41. The molecule has 3 heterocycles. The molecule has 266 valence electrons. The summed E-state index contributed by atoms with van der Waals surface area (Å²) in [5.74, 6) is -0.980. The molecule has 10 nitrogen and oxygen atoms in total. The van der Waals surface area contributed by atoms with Crippen LogP contribution >= 0.6 is 0 Å². The topological polar surface area (TPSA) is 118 Å². The molecule has 5 aromatic carbocycles. The number of aromatic nitrogens is 3. The number of aryl methyl sites for hydroxylation is 1. The predicted molar refractivity (Wildman–Crippen MR) is 204 cm³/mol. The third-order valence-electron chi connectivity index (χ3n) is 9.39. The van der Waals surface area contributed by atoms with Gasteiger partial charge in [0.25, 0.3) is 5.91 Å². The fourth-order valence-electron chi connectivity index (χ4n) is 7.03. The van der Waals surface area contributed by atoms with Crippen LogP contribution in [-0.2, 0) is 16.9 Å². The van der Waals surface area contributed by atoms with Crippen LogP contribution in [0.25, 0.3) is 0 Å². The van der Waals surface area contributed by atoms with Crippen molar-refractivity contribution in [3.05, 3.63) is 203 Å². The Morgan fingerprint density at radius 2 is 1.37 bits per heavy atom. The van der Waals surface area contributed by atoms with Crippen LogP contribution in [0.5, 0.6) is 0 Å². The quantitative estimate of drug-likeness (QED) is 0.149. The number of rotatable bonds is 9. The van der Waals surface area contributed by atoms with Crippen LogP contribution in [-0.4, -0.2) is 38.5 Å². The molecule has 0 aliphatic carbocycles. The van der Waals surface area contributed by atoms with Gasteiger partial charge in [0.2, 0.25) is 12.0 Å². The van der Waals surface area contributed by atoms with E-state index in [9.17, 15) is 9.59 Å². The van der Waals surface area contributed by atoms with E-state index in [2.05, 4.69) is 56.8 Å². The fraction of sp³-hybridized carbons (Fsp3) is 0.0930. The van der Waals surface area contributed by atoms with Crippen molar-refractivity contribution in [2.45, 2.75) is 25.2 Å². The van der Waals surface area contributed by atoms with Crippen LogP contribution in [0, 0.1) is 12.7 Å². The number of carbonyl (C=O) groups excluding carboxylic acids is 2. The minimum absolute atomic E-state index is 0.0124. The first-order valence-electron chi connectivity index (χ1n) is 17.4. The van der Waals surface area contributed by atoms with Gasteiger partial charge >= 0.3 is 6.03 Å². The molecule has 2 N–H and O–H groups in total. The number of fused-ring (bicyclic) bond motifs is 1. The van der Waals surface area contributed by atoms with Crippen LogP contribution in [0.15, 0.2) is 168 Å². The molecule has 0 bridgehead atoms. The minimum atomic E-state index is -1.45. The van der Waals surface area contributed by atoms with Crippen molar-refractivity contribution < 1.29 is 18.5 Å². The van der Waals surface area contributed by atoms with Gasteiger partial charge in [-0.3, -0.25) is 10.1 Å². The number of imidazole rings is 1. The molecule has 1 unspecified atom stereocenters. The van der Waals surface area contributed by atoms with Crippen LogP contribution in [0.2, 0.25) is 0 Å². The van der Waals surface area contributed by atoms with Crippen LogP contribution in [0.1, 0.15) is 39.2 Å². The largest absolute Gasteiger partial charge is 0.338 e. The number of nitrogens with zero attached hydrogens (tertiary/aromatic N) is 5. The maximum Gasteiger partial charge on any atom is 0.323 e. The number of amides is 3. The molecule has 0 radical (unpaired) electrons. The van der Waals surface area contributed by atoms with Gasteiger partial charge in [0.05, 0.1) is 35.7 Å². The lowest BCUT2D eigenvalue weighted by Crippen LogP contribution is -2.48. The molecule has 7 aromatic rings. The number of hydrogen-bond acceptors (Lipinski definition) is 6. The van der Waals surface area contributed by atoms with Gasteiger partial charge in [-0.25, -0.2) is 19.2 Å². The molecule has 0 fully saturated rings. The lowest BCUT2D eigenvalue weighted by atomic mass is 9.77. The third-order valence-corrected chi connectivity index (χ3v) is 9.39. The van der Waals surface area contributed by atoms with Crippen molar-refractivity contribution >= 4 is 29.2 Å². The molecule has 1 aliphatic heterocycles. The van der Waals surface area contributed by atoms with Crippen molar-refractivity contribution in [1.29, 1.82) is 0 Å². The number of benzene rings is 5. The Labute approximate surface area is 310 Å². The summed E-state index contributed by atoms with van der Waals surface area (Å²) in [7, 11) is 0. The van der Waals surface area contributed by atoms with Gasteiger partial charge in [0.1, 0.15) is 11.4 Å². The summed E-state index contributed by atoms with van der Waals surface area (Å²) in [6.45, 7) is 1.73. The lowest BCUT2D eigenvalue weighted by molar-refractivity contribution is -0.120. The number of para-hydroxylation sites is 1. The fourth-order valence-corrected chi connectivity index (χ4v) is 7.03. The van der Waals surface area contributed by atoms with E-state index < -0.39 is 29.5 Å². The van der Waals surface area contributed by atoms with Gasteiger partial charge in [-0.15, -0.1) is 0 Å². The van der Waals surface area contributed by atoms with Gasteiger partial charge in [-0.05, 0) is 41.8 Å². The Morgan fingerprint density at radius 1 is 0.796 bits per heavy atom. The number of urea groups is 1. The minimum Gasteiger partial charge on any atom is -0.338 e. The molecule has 0 saturated carbocycles. The summed E-state index contributed by atoms with van der Waals surface area (Å²) in [5, 5.41) is 9.03. The van der Waals surface area contributed by atoms with Gasteiger partial charge in [-0.2, -0.15) is 0 Å². The highest BCUT2D eigenvalue weighted by atomic mass is 19.1. The van der Waals surface area contributed by atoms with Crippen molar-refractivity contribution in [2.24, 2.45) is 4.99 Å². The second-order valence-electron chi connectivity index (χ2n) is 12.8. The SMILES string of the molecule is Cc1cc(NC(=O)NC2N=C(c3ccccc3F)c3ccccc3N(Cc3cn(C(c4ccccc4)(c4ccccc4)c4ccccc4)cn3)C2=O)on1. The summed E-state index contributed by atoms with van der Waals surface area (Å²) in [4.78, 5) is 39.0. The van der Waals surface area contributed by atoms with E-state index in [0.29, 0.717) is 22.6 Å². The second kappa shape index (κ2) is 14.5. The number of hydrogen-bond donors (Lipinski definition) is 2. The van der Waals surface area contributed by atoms with Gasteiger partial charge < -0.3 is 19.3 Å². The van der Waals surface area contributed by atoms with Crippen LogP contribution in [0.4, 0.5) is 20.8 Å². The van der Waals surface area contributed by atoms with Crippen molar-refractivity contribution in [2.75, 3.05) is 10.2 Å². The third kappa shape index (κ3) is 6.32. The molecule has 3 amide bonds. The molecule has 11 heteroatoms.